The van der Waals surface area contributed by atoms with Crippen LogP contribution in [-0.2, 0) is 6.54 Å². The summed E-state index contributed by atoms with van der Waals surface area (Å²) >= 11 is 1.77. The molecule has 0 aliphatic rings. The van der Waals surface area contributed by atoms with Crippen molar-refractivity contribution in [1.82, 2.24) is 0 Å². The van der Waals surface area contributed by atoms with E-state index in [1.165, 1.54) is 4.90 Å². The summed E-state index contributed by atoms with van der Waals surface area (Å²) in [6.07, 6.45) is 0.832. The summed E-state index contributed by atoms with van der Waals surface area (Å²) in [5, 5.41) is 12.2. The second-order valence-corrected chi connectivity index (χ2v) is 5.78. The van der Waals surface area contributed by atoms with E-state index in [1.807, 2.05) is 18.2 Å². The molecule has 4 heteroatoms. The lowest BCUT2D eigenvalue weighted by Gasteiger charge is -2.11. The van der Waals surface area contributed by atoms with Crippen molar-refractivity contribution in [1.29, 1.82) is 0 Å². The number of aliphatic hydroxyl groups excluding tert-OH is 1. The molecule has 2 aromatic rings. The first kappa shape index (κ1) is 15.7. The van der Waals surface area contributed by atoms with Gasteiger partial charge in [-0.05, 0) is 36.8 Å². The Labute approximate surface area is 130 Å². The van der Waals surface area contributed by atoms with Crippen LogP contribution in [0, 0.1) is 0 Å². The van der Waals surface area contributed by atoms with Crippen LogP contribution in [0.1, 0.15) is 12.0 Å². The van der Waals surface area contributed by atoms with E-state index in [4.69, 9.17) is 9.84 Å². The Kier molecular flexibility index (Phi) is 6.44. The predicted octanol–water partition coefficient (Wildman–Crippen LogP) is 3.78. The number of rotatable bonds is 8. The largest absolute Gasteiger partial charge is 0.496 e. The maximum Gasteiger partial charge on any atom is 0.123 e. The Hall–Kier alpha value is -1.65. The van der Waals surface area contributed by atoms with Gasteiger partial charge in [0.15, 0.2) is 0 Å². The summed E-state index contributed by atoms with van der Waals surface area (Å²) in [6, 6.07) is 16.4. The molecular weight excluding hydrogens is 282 g/mol. The van der Waals surface area contributed by atoms with Gasteiger partial charge in [-0.3, -0.25) is 0 Å². The van der Waals surface area contributed by atoms with Gasteiger partial charge in [0.05, 0.1) is 7.11 Å². The standard InChI is InChI=1S/C17H21NO2S/c1-20-17-6-3-2-5-14(17)13-18-15-7-9-16(10-8-15)21-12-4-11-19/h2-3,5-10,18-19H,4,11-13H2,1H3. The molecule has 112 valence electrons. The van der Waals surface area contributed by atoms with Crippen molar-refractivity contribution in [3.8, 4) is 5.75 Å². The normalized spacial score (nSPS) is 10.4. The average Bonchev–Trinajstić information content (AvgIpc) is 2.54. The van der Waals surface area contributed by atoms with Crippen molar-refractivity contribution in [3.63, 3.8) is 0 Å². The van der Waals surface area contributed by atoms with Crippen LogP contribution in [0.4, 0.5) is 5.69 Å². The maximum absolute atomic E-state index is 8.78. The maximum atomic E-state index is 8.78. The van der Waals surface area contributed by atoms with Gasteiger partial charge < -0.3 is 15.2 Å². The lowest BCUT2D eigenvalue weighted by Crippen LogP contribution is -2.01. The molecule has 2 aromatic carbocycles. The molecule has 0 unspecified atom stereocenters. The number of nitrogens with one attached hydrogen (secondary N) is 1. The number of benzene rings is 2. The van der Waals surface area contributed by atoms with Gasteiger partial charge in [-0.2, -0.15) is 0 Å². The SMILES string of the molecule is COc1ccccc1CNc1ccc(SCCCO)cc1. The fraction of sp³-hybridized carbons (Fsp3) is 0.294. The molecule has 0 aliphatic heterocycles. The number of anilines is 1. The molecular formula is C17H21NO2S. The first-order chi connectivity index (χ1) is 10.3. The molecule has 0 amide bonds. The third-order valence-electron chi connectivity index (χ3n) is 3.10. The van der Waals surface area contributed by atoms with Crippen molar-refractivity contribution in [2.75, 3.05) is 24.8 Å². The van der Waals surface area contributed by atoms with Crippen LogP contribution in [0.25, 0.3) is 0 Å². The zero-order chi connectivity index (χ0) is 14.9. The zero-order valence-electron chi connectivity index (χ0n) is 12.2. The first-order valence-electron chi connectivity index (χ1n) is 7.03. The van der Waals surface area contributed by atoms with E-state index in [9.17, 15) is 0 Å². The van der Waals surface area contributed by atoms with Gasteiger partial charge in [0.1, 0.15) is 5.75 Å². The van der Waals surface area contributed by atoms with E-state index in [1.54, 1.807) is 18.9 Å². The molecule has 0 saturated heterocycles. The third kappa shape index (κ3) is 4.99. The lowest BCUT2D eigenvalue weighted by atomic mass is 10.2. The Morgan fingerprint density at radius 1 is 1.10 bits per heavy atom. The minimum atomic E-state index is 0.256. The summed E-state index contributed by atoms with van der Waals surface area (Å²) in [5.74, 6) is 1.85. The Morgan fingerprint density at radius 3 is 2.57 bits per heavy atom. The van der Waals surface area contributed by atoms with Crippen molar-refractivity contribution >= 4 is 17.4 Å². The Morgan fingerprint density at radius 2 is 1.86 bits per heavy atom. The van der Waals surface area contributed by atoms with Crippen LogP contribution in [0.5, 0.6) is 5.75 Å². The monoisotopic (exact) mass is 303 g/mol. The van der Waals surface area contributed by atoms with E-state index < -0.39 is 0 Å². The molecule has 0 fully saturated rings. The second kappa shape index (κ2) is 8.60. The van der Waals surface area contributed by atoms with Crippen LogP contribution in [-0.4, -0.2) is 24.6 Å². The molecule has 0 atom stereocenters. The van der Waals surface area contributed by atoms with Crippen LogP contribution in [0.15, 0.2) is 53.4 Å². The molecule has 0 aliphatic carbocycles. The summed E-state index contributed by atoms with van der Waals surface area (Å²) < 4.78 is 5.34. The van der Waals surface area contributed by atoms with Gasteiger partial charge in [-0.1, -0.05) is 18.2 Å². The number of ether oxygens (including phenoxy) is 1. The molecule has 2 N–H and O–H groups in total. The van der Waals surface area contributed by atoms with Crippen LogP contribution in [0.3, 0.4) is 0 Å². The number of thioether (sulfide) groups is 1. The minimum Gasteiger partial charge on any atom is -0.496 e. The van der Waals surface area contributed by atoms with Crippen molar-refractivity contribution in [2.45, 2.75) is 17.9 Å². The number of methoxy groups -OCH3 is 1. The molecule has 0 spiro atoms. The van der Waals surface area contributed by atoms with E-state index >= 15 is 0 Å². The average molecular weight is 303 g/mol. The van der Waals surface area contributed by atoms with Crippen molar-refractivity contribution in [3.05, 3.63) is 54.1 Å². The number of para-hydroxylation sites is 1. The summed E-state index contributed by atoms with van der Waals surface area (Å²) in [4.78, 5) is 1.23. The second-order valence-electron chi connectivity index (χ2n) is 4.62. The van der Waals surface area contributed by atoms with E-state index in [0.717, 1.165) is 35.7 Å². The fourth-order valence-corrected chi connectivity index (χ4v) is 2.81. The molecule has 0 radical (unpaired) electrons. The third-order valence-corrected chi connectivity index (χ3v) is 4.20. The number of hydrogen-bond acceptors (Lipinski definition) is 4. The highest BCUT2D eigenvalue weighted by molar-refractivity contribution is 7.99. The van der Waals surface area contributed by atoms with E-state index in [2.05, 4.69) is 35.6 Å². The number of aliphatic hydroxyl groups is 1. The molecule has 2 rings (SSSR count). The molecule has 0 saturated carbocycles. The molecule has 0 heterocycles. The van der Waals surface area contributed by atoms with Crippen molar-refractivity contribution in [2.24, 2.45) is 0 Å². The Balaban J connectivity index is 1.88. The van der Waals surface area contributed by atoms with Gasteiger partial charge >= 0.3 is 0 Å². The molecule has 0 aromatic heterocycles. The van der Waals surface area contributed by atoms with Gasteiger partial charge in [-0.15, -0.1) is 11.8 Å². The topological polar surface area (TPSA) is 41.5 Å². The molecule has 3 nitrogen and oxygen atoms in total. The quantitative estimate of drug-likeness (QED) is 0.575. The predicted molar refractivity (Wildman–Crippen MR) is 89.2 cm³/mol. The van der Waals surface area contributed by atoms with Crippen LogP contribution in [0.2, 0.25) is 0 Å². The van der Waals surface area contributed by atoms with Gasteiger partial charge in [0.2, 0.25) is 0 Å². The first-order valence-corrected chi connectivity index (χ1v) is 8.01. The van der Waals surface area contributed by atoms with Gasteiger partial charge in [-0.25, -0.2) is 0 Å². The van der Waals surface area contributed by atoms with Gasteiger partial charge in [0, 0.05) is 35.1 Å². The molecule has 0 bridgehead atoms. The summed E-state index contributed by atoms with van der Waals surface area (Å²) in [5.41, 5.74) is 2.23. The van der Waals surface area contributed by atoms with Gasteiger partial charge in [0.25, 0.3) is 0 Å². The minimum absolute atomic E-state index is 0.256. The summed E-state index contributed by atoms with van der Waals surface area (Å²) in [7, 11) is 1.69. The zero-order valence-corrected chi connectivity index (χ0v) is 13.0. The number of hydrogen-bond donors (Lipinski definition) is 2. The highest BCUT2D eigenvalue weighted by atomic mass is 32.2. The highest BCUT2D eigenvalue weighted by Gasteiger charge is 2.01. The van der Waals surface area contributed by atoms with E-state index in [0.29, 0.717) is 0 Å². The van der Waals surface area contributed by atoms with Crippen molar-refractivity contribution < 1.29 is 9.84 Å². The Bertz CT molecular complexity index is 543. The van der Waals surface area contributed by atoms with Crippen LogP contribution >= 0.6 is 11.8 Å². The molecule has 21 heavy (non-hydrogen) atoms. The summed E-state index contributed by atoms with van der Waals surface area (Å²) in [6.45, 7) is 0.993. The fourth-order valence-electron chi connectivity index (χ4n) is 1.97. The highest BCUT2D eigenvalue weighted by Crippen LogP contribution is 2.22. The smallest absolute Gasteiger partial charge is 0.123 e. The van der Waals surface area contributed by atoms with Crippen LogP contribution < -0.4 is 10.1 Å². The lowest BCUT2D eigenvalue weighted by molar-refractivity contribution is 0.296. The van der Waals surface area contributed by atoms with E-state index in [-0.39, 0.29) is 6.61 Å².